The van der Waals surface area contributed by atoms with Crippen LogP contribution < -0.4 is 35.0 Å². The van der Waals surface area contributed by atoms with E-state index in [1.807, 2.05) is 6.92 Å². The van der Waals surface area contributed by atoms with Gasteiger partial charge in [-0.1, -0.05) is 29.8 Å². The van der Waals surface area contributed by atoms with Crippen molar-refractivity contribution in [2.24, 2.45) is 5.10 Å². The lowest BCUT2D eigenvalue weighted by molar-refractivity contribution is -0.136. The van der Waals surface area contributed by atoms with Crippen molar-refractivity contribution < 1.29 is 48.3 Å². The highest BCUT2D eigenvalue weighted by atomic mass is 35.5. The van der Waals surface area contributed by atoms with Crippen LogP contribution in [-0.2, 0) is 16.1 Å². The minimum atomic E-state index is -1.22. The van der Waals surface area contributed by atoms with Crippen molar-refractivity contribution in [3.63, 3.8) is 0 Å². The van der Waals surface area contributed by atoms with E-state index in [0.29, 0.717) is 53.0 Å². The number of aliphatic hydroxyl groups excluding tert-OH is 1. The third-order valence-electron chi connectivity index (χ3n) is 7.03. The summed E-state index contributed by atoms with van der Waals surface area (Å²) in [4.78, 5) is 35.7. The lowest BCUT2D eigenvalue weighted by atomic mass is 9.95. The smallest absolute Gasteiger partial charge is 0.337 e. The number of carbonyl (C=O) groups is 3. The van der Waals surface area contributed by atoms with Gasteiger partial charge in [0.25, 0.3) is 0 Å². The molecular formula is C34H37ClN4O10. The summed E-state index contributed by atoms with van der Waals surface area (Å²) in [5, 5.41) is 29.3. The summed E-state index contributed by atoms with van der Waals surface area (Å²) in [7, 11) is 1.26. The number of halogens is 1. The summed E-state index contributed by atoms with van der Waals surface area (Å²) < 4.78 is 28.1. The van der Waals surface area contributed by atoms with Gasteiger partial charge in [-0.25, -0.2) is 14.4 Å². The number of ether oxygens (including phenoxy) is 5. The molecule has 0 aromatic heterocycles. The second-order valence-electron chi connectivity index (χ2n) is 10.5. The maximum atomic E-state index is 12.5. The first-order valence-corrected chi connectivity index (χ1v) is 15.6. The van der Waals surface area contributed by atoms with Gasteiger partial charge in [0.1, 0.15) is 13.2 Å². The maximum Gasteiger partial charge on any atom is 0.337 e. The van der Waals surface area contributed by atoms with Crippen LogP contribution in [-0.4, -0.2) is 67.6 Å². The van der Waals surface area contributed by atoms with Gasteiger partial charge in [0.05, 0.1) is 48.7 Å². The molecule has 0 radical (unpaired) electrons. The van der Waals surface area contributed by atoms with E-state index in [9.17, 15) is 19.5 Å². The SMILES string of the molecule is CCOc1cc([C@@H]2NC(=O)NC(C)=C2C(=O)OC)ccc1OC[C@H](O)N/N=C\c1cc(Cl)c(OCc2ccc(C(=O)O)cc2)c(OCC)c1. The van der Waals surface area contributed by atoms with Gasteiger partial charge in [-0.3, -0.25) is 5.43 Å². The molecule has 1 heterocycles. The minimum Gasteiger partial charge on any atom is -0.490 e. The van der Waals surface area contributed by atoms with Crippen molar-refractivity contribution in [3.05, 3.63) is 93.1 Å². The molecule has 0 bridgehead atoms. The third kappa shape index (κ3) is 9.55. The zero-order chi connectivity index (χ0) is 35.5. The Morgan fingerprint density at radius 3 is 2.39 bits per heavy atom. The molecule has 2 amide bonds. The second kappa shape index (κ2) is 17.1. The van der Waals surface area contributed by atoms with E-state index in [2.05, 4.69) is 21.2 Å². The highest BCUT2D eigenvalue weighted by Gasteiger charge is 2.32. The third-order valence-corrected chi connectivity index (χ3v) is 7.31. The Kier molecular flexibility index (Phi) is 12.7. The van der Waals surface area contributed by atoms with Crippen LogP contribution in [0.4, 0.5) is 4.79 Å². The number of aliphatic hydroxyl groups is 1. The molecule has 0 spiro atoms. The Morgan fingerprint density at radius 1 is 1.00 bits per heavy atom. The molecule has 0 fully saturated rings. The Bertz CT molecular complexity index is 1730. The number of amides is 2. The van der Waals surface area contributed by atoms with Crippen LogP contribution in [0.3, 0.4) is 0 Å². The highest BCUT2D eigenvalue weighted by molar-refractivity contribution is 6.32. The number of benzene rings is 3. The van der Waals surface area contributed by atoms with Crippen molar-refractivity contribution in [1.82, 2.24) is 16.1 Å². The number of hydrogen-bond acceptors (Lipinski definition) is 11. The molecule has 15 heteroatoms. The molecule has 4 rings (SSSR count). The molecule has 3 aromatic carbocycles. The Labute approximate surface area is 287 Å². The molecule has 3 aromatic rings. The number of allylic oxidation sites excluding steroid dienone is 1. The fourth-order valence-electron chi connectivity index (χ4n) is 4.78. The fraction of sp³-hybridized carbons (Fsp3) is 0.294. The summed E-state index contributed by atoms with van der Waals surface area (Å²) >= 11 is 6.51. The Morgan fingerprint density at radius 2 is 1.71 bits per heavy atom. The van der Waals surface area contributed by atoms with E-state index in [0.717, 1.165) is 5.56 Å². The number of hydrazone groups is 1. The molecule has 5 N–H and O–H groups in total. The van der Waals surface area contributed by atoms with Crippen molar-refractivity contribution >= 4 is 35.8 Å². The first-order valence-electron chi connectivity index (χ1n) is 15.2. The predicted octanol–water partition coefficient (Wildman–Crippen LogP) is 4.54. The predicted molar refractivity (Wildman–Crippen MR) is 179 cm³/mol. The molecule has 260 valence electrons. The van der Waals surface area contributed by atoms with Crippen molar-refractivity contribution in [1.29, 1.82) is 0 Å². The Hall–Kier alpha value is -5.47. The van der Waals surface area contributed by atoms with Gasteiger partial charge < -0.3 is 44.5 Å². The second-order valence-corrected chi connectivity index (χ2v) is 10.9. The average molecular weight is 697 g/mol. The minimum absolute atomic E-state index is 0.133. The molecular weight excluding hydrogens is 660 g/mol. The molecule has 1 aliphatic rings. The molecule has 0 saturated heterocycles. The number of carboxylic acid groups (broad SMARTS) is 1. The number of hydrogen-bond donors (Lipinski definition) is 5. The Balaban J connectivity index is 1.39. The van der Waals surface area contributed by atoms with Crippen molar-refractivity contribution in [2.45, 2.75) is 39.6 Å². The topological polar surface area (TPSA) is 186 Å². The number of nitrogens with one attached hydrogen (secondary N) is 3. The number of carbonyl (C=O) groups excluding carboxylic acids is 2. The molecule has 0 aliphatic carbocycles. The van der Waals surface area contributed by atoms with Gasteiger partial charge in [-0.2, -0.15) is 5.10 Å². The van der Waals surface area contributed by atoms with Gasteiger partial charge in [-0.05, 0) is 73.9 Å². The van der Waals surface area contributed by atoms with Crippen LogP contribution in [0.1, 0.15) is 53.9 Å². The van der Waals surface area contributed by atoms with Crippen LogP contribution in [0.5, 0.6) is 23.0 Å². The number of carboxylic acids is 1. The number of aromatic carboxylic acids is 1. The van der Waals surface area contributed by atoms with Gasteiger partial charge in [0.2, 0.25) is 0 Å². The highest BCUT2D eigenvalue weighted by Crippen LogP contribution is 2.37. The monoisotopic (exact) mass is 696 g/mol. The first-order chi connectivity index (χ1) is 23.5. The summed E-state index contributed by atoms with van der Waals surface area (Å²) in [5.74, 6) is -0.261. The fourth-order valence-corrected chi connectivity index (χ4v) is 5.06. The van der Waals surface area contributed by atoms with Crippen molar-refractivity contribution in [3.8, 4) is 23.0 Å². The lowest BCUT2D eigenvalue weighted by Gasteiger charge is -2.28. The van der Waals surface area contributed by atoms with E-state index >= 15 is 0 Å². The van der Waals surface area contributed by atoms with E-state index in [4.69, 9.17) is 40.4 Å². The molecule has 14 nitrogen and oxygen atoms in total. The summed E-state index contributed by atoms with van der Waals surface area (Å²) in [5.41, 5.74) is 5.24. The number of rotatable bonds is 16. The first kappa shape index (κ1) is 36.4. The molecule has 2 atom stereocenters. The van der Waals surface area contributed by atoms with Crippen LogP contribution in [0.25, 0.3) is 0 Å². The summed E-state index contributed by atoms with van der Waals surface area (Å²) in [6, 6.07) is 13.3. The van der Waals surface area contributed by atoms with E-state index in [1.165, 1.54) is 25.5 Å². The van der Waals surface area contributed by atoms with Crippen LogP contribution in [0.15, 0.2) is 71.0 Å². The number of urea groups is 1. The lowest BCUT2D eigenvalue weighted by Crippen LogP contribution is -2.45. The van der Waals surface area contributed by atoms with Crippen molar-refractivity contribution in [2.75, 3.05) is 26.9 Å². The number of methoxy groups -OCH3 is 1. The van der Waals surface area contributed by atoms with Crippen LogP contribution in [0.2, 0.25) is 5.02 Å². The normalized spacial score (nSPS) is 14.8. The summed E-state index contributed by atoms with van der Waals surface area (Å²) in [6.45, 7) is 5.79. The van der Waals surface area contributed by atoms with Gasteiger partial charge >= 0.3 is 18.0 Å². The zero-order valence-electron chi connectivity index (χ0n) is 27.2. The molecule has 0 saturated carbocycles. The molecule has 49 heavy (non-hydrogen) atoms. The number of nitrogens with zero attached hydrogens (tertiary/aromatic N) is 1. The number of esters is 1. The van der Waals surface area contributed by atoms with Gasteiger partial charge in [0.15, 0.2) is 29.2 Å². The van der Waals surface area contributed by atoms with Gasteiger partial charge in [0, 0.05) is 5.70 Å². The van der Waals surface area contributed by atoms with E-state index < -0.39 is 30.2 Å². The quantitative estimate of drug-likeness (QED) is 0.0613. The maximum absolute atomic E-state index is 12.5. The van der Waals surface area contributed by atoms with Crippen LogP contribution in [0, 0.1) is 0 Å². The average Bonchev–Trinajstić information content (AvgIpc) is 3.07. The summed E-state index contributed by atoms with van der Waals surface area (Å²) in [6.07, 6.45) is 0.219. The molecule has 0 unspecified atom stereocenters. The largest absolute Gasteiger partial charge is 0.490 e. The zero-order valence-corrected chi connectivity index (χ0v) is 28.0. The van der Waals surface area contributed by atoms with Gasteiger partial charge in [-0.15, -0.1) is 0 Å². The van der Waals surface area contributed by atoms with E-state index in [-0.39, 0.29) is 29.4 Å². The van der Waals surface area contributed by atoms with Crippen LogP contribution >= 0.6 is 11.6 Å². The molecule has 1 aliphatic heterocycles. The standard InChI is InChI=1S/C34H37ClN4O10/c1-5-46-26-15-23(30-29(33(43)45-4)19(3)37-34(44)38-30)11-12-25(26)48-18-28(40)39-36-16-21-13-24(35)31(27(14-21)47-6-2)49-17-20-7-9-22(10-8-20)32(41)42/h7-16,28,30,39-40H,5-6,17-18H2,1-4H3,(H,41,42)(H2,37,38,44)/b36-16-/t28-,30-/m0/s1. The van der Waals surface area contributed by atoms with E-state index in [1.54, 1.807) is 56.3 Å².